The minimum atomic E-state index is -0.571. The standard InChI is InChI=1S/C19H16FN3O2/c1-25-18-5-4-14(10-16(18)20)19(24)23-11-13-6-8-22-17(9-13)15-3-2-7-21-12-15/h2-10,12H,11H2,1H3,(H,23,24). The third-order valence-electron chi connectivity index (χ3n) is 3.65. The van der Waals surface area contributed by atoms with Gasteiger partial charge >= 0.3 is 0 Å². The topological polar surface area (TPSA) is 64.1 Å². The maximum atomic E-state index is 13.7. The van der Waals surface area contributed by atoms with Crippen molar-refractivity contribution in [1.82, 2.24) is 15.3 Å². The highest BCUT2D eigenvalue weighted by molar-refractivity contribution is 5.94. The number of ether oxygens (including phenoxy) is 1. The Labute approximate surface area is 144 Å². The molecule has 6 heteroatoms. The summed E-state index contributed by atoms with van der Waals surface area (Å²) in [6, 6.07) is 11.5. The van der Waals surface area contributed by atoms with Crippen LogP contribution in [0.5, 0.6) is 5.75 Å². The molecular weight excluding hydrogens is 321 g/mol. The third kappa shape index (κ3) is 3.98. The summed E-state index contributed by atoms with van der Waals surface area (Å²) in [5, 5.41) is 2.77. The van der Waals surface area contributed by atoms with Crippen LogP contribution >= 0.6 is 0 Å². The van der Waals surface area contributed by atoms with Crippen LogP contribution < -0.4 is 10.1 Å². The zero-order valence-electron chi connectivity index (χ0n) is 13.6. The number of hydrogen-bond donors (Lipinski definition) is 1. The fourth-order valence-corrected chi connectivity index (χ4v) is 2.35. The van der Waals surface area contributed by atoms with Gasteiger partial charge in [-0.15, -0.1) is 0 Å². The Kier molecular flexibility index (Phi) is 4.99. The number of nitrogens with one attached hydrogen (secondary N) is 1. The van der Waals surface area contributed by atoms with E-state index in [-0.39, 0.29) is 17.2 Å². The van der Waals surface area contributed by atoms with E-state index in [2.05, 4.69) is 15.3 Å². The van der Waals surface area contributed by atoms with E-state index in [1.54, 1.807) is 18.6 Å². The molecule has 0 aliphatic heterocycles. The first-order valence-corrected chi connectivity index (χ1v) is 7.64. The maximum absolute atomic E-state index is 13.7. The Hall–Kier alpha value is -3.28. The van der Waals surface area contributed by atoms with Crippen LogP contribution in [-0.4, -0.2) is 23.0 Å². The van der Waals surface area contributed by atoms with Crippen LogP contribution in [0, 0.1) is 5.82 Å². The number of aromatic nitrogens is 2. The number of benzene rings is 1. The second kappa shape index (κ2) is 7.53. The summed E-state index contributed by atoms with van der Waals surface area (Å²) in [6.45, 7) is 0.308. The van der Waals surface area contributed by atoms with Crippen molar-refractivity contribution < 1.29 is 13.9 Å². The van der Waals surface area contributed by atoms with Crippen LogP contribution in [0.2, 0.25) is 0 Å². The summed E-state index contributed by atoms with van der Waals surface area (Å²) in [5.74, 6) is -0.828. The molecule has 25 heavy (non-hydrogen) atoms. The average Bonchev–Trinajstić information content (AvgIpc) is 2.67. The molecule has 126 valence electrons. The minimum Gasteiger partial charge on any atom is -0.494 e. The first kappa shape index (κ1) is 16.6. The fourth-order valence-electron chi connectivity index (χ4n) is 2.35. The smallest absolute Gasteiger partial charge is 0.251 e. The van der Waals surface area contributed by atoms with E-state index in [9.17, 15) is 9.18 Å². The molecule has 0 aliphatic carbocycles. The zero-order chi connectivity index (χ0) is 17.6. The average molecular weight is 337 g/mol. The molecule has 0 saturated carbocycles. The molecule has 0 fully saturated rings. The van der Waals surface area contributed by atoms with Gasteiger partial charge in [0.2, 0.25) is 0 Å². The number of carbonyl (C=O) groups excluding carboxylic acids is 1. The van der Waals surface area contributed by atoms with Crippen molar-refractivity contribution in [3.8, 4) is 17.0 Å². The minimum absolute atomic E-state index is 0.104. The Bertz CT molecular complexity index is 885. The highest BCUT2D eigenvalue weighted by Crippen LogP contribution is 2.18. The number of methoxy groups -OCH3 is 1. The Morgan fingerprint density at radius 3 is 2.80 bits per heavy atom. The molecule has 0 aliphatic rings. The molecular formula is C19H16FN3O2. The predicted molar refractivity (Wildman–Crippen MR) is 91.6 cm³/mol. The molecule has 3 rings (SSSR count). The number of halogens is 1. The Morgan fingerprint density at radius 1 is 1.20 bits per heavy atom. The summed E-state index contributed by atoms with van der Waals surface area (Å²) >= 11 is 0. The van der Waals surface area contributed by atoms with Crippen LogP contribution in [0.15, 0.2) is 61.1 Å². The number of amides is 1. The van der Waals surface area contributed by atoms with E-state index in [1.165, 1.54) is 19.2 Å². The summed E-state index contributed by atoms with van der Waals surface area (Å²) in [4.78, 5) is 20.6. The van der Waals surface area contributed by atoms with Crippen molar-refractivity contribution >= 4 is 5.91 Å². The molecule has 1 N–H and O–H groups in total. The van der Waals surface area contributed by atoms with E-state index in [0.717, 1.165) is 22.9 Å². The number of nitrogens with zero attached hydrogens (tertiary/aromatic N) is 2. The maximum Gasteiger partial charge on any atom is 0.251 e. The third-order valence-corrected chi connectivity index (χ3v) is 3.65. The highest BCUT2D eigenvalue weighted by atomic mass is 19.1. The number of rotatable bonds is 5. The molecule has 0 radical (unpaired) electrons. The molecule has 1 amide bonds. The molecule has 0 saturated heterocycles. The van der Waals surface area contributed by atoms with Gasteiger partial charge in [-0.25, -0.2) is 4.39 Å². The summed E-state index contributed by atoms with van der Waals surface area (Å²) in [5.41, 5.74) is 2.79. The Morgan fingerprint density at radius 2 is 2.08 bits per heavy atom. The van der Waals surface area contributed by atoms with E-state index < -0.39 is 5.82 Å². The second-order valence-corrected chi connectivity index (χ2v) is 5.32. The summed E-state index contributed by atoms with van der Waals surface area (Å²) < 4.78 is 18.5. The molecule has 0 spiro atoms. The SMILES string of the molecule is COc1ccc(C(=O)NCc2ccnc(-c3cccnc3)c2)cc1F. The van der Waals surface area contributed by atoms with Crippen molar-refractivity contribution in [2.45, 2.75) is 6.54 Å². The highest BCUT2D eigenvalue weighted by Gasteiger charge is 2.10. The van der Waals surface area contributed by atoms with E-state index in [1.807, 2.05) is 24.3 Å². The zero-order valence-corrected chi connectivity index (χ0v) is 13.6. The van der Waals surface area contributed by atoms with Gasteiger partial charge in [0, 0.05) is 36.3 Å². The molecule has 0 unspecified atom stereocenters. The van der Waals surface area contributed by atoms with Gasteiger partial charge in [0.15, 0.2) is 11.6 Å². The lowest BCUT2D eigenvalue weighted by Crippen LogP contribution is -2.23. The van der Waals surface area contributed by atoms with Crippen molar-refractivity contribution in [3.05, 3.63) is 78.0 Å². The molecule has 2 aromatic heterocycles. The van der Waals surface area contributed by atoms with Gasteiger partial charge in [-0.05, 0) is 48.0 Å². The first-order valence-electron chi connectivity index (χ1n) is 7.64. The van der Waals surface area contributed by atoms with Crippen LogP contribution in [0.1, 0.15) is 15.9 Å². The van der Waals surface area contributed by atoms with Crippen LogP contribution in [0.25, 0.3) is 11.3 Å². The molecule has 1 aromatic carbocycles. The van der Waals surface area contributed by atoms with Gasteiger partial charge in [-0.3, -0.25) is 14.8 Å². The largest absolute Gasteiger partial charge is 0.494 e. The molecule has 5 nitrogen and oxygen atoms in total. The number of hydrogen-bond acceptors (Lipinski definition) is 4. The first-order chi connectivity index (χ1) is 12.2. The van der Waals surface area contributed by atoms with E-state index >= 15 is 0 Å². The normalized spacial score (nSPS) is 10.3. The number of pyridine rings is 2. The monoisotopic (exact) mass is 337 g/mol. The lowest BCUT2D eigenvalue weighted by atomic mass is 10.1. The van der Waals surface area contributed by atoms with Crippen molar-refractivity contribution in [3.63, 3.8) is 0 Å². The summed E-state index contributed by atoms with van der Waals surface area (Å²) in [6.07, 6.45) is 5.10. The van der Waals surface area contributed by atoms with Gasteiger partial charge < -0.3 is 10.1 Å². The quantitative estimate of drug-likeness (QED) is 0.776. The lowest BCUT2D eigenvalue weighted by Gasteiger charge is -2.08. The van der Waals surface area contributed by atoms with Gasteiger partial charge in [-0.1, -0.05) is 0 Å². The van der Waals surface area contributed by atoms with Gasteiger partial charge in [0.25, 0.3) is 5.91 Å². The van der Waals surface area contributed by atoms with Crippen molar-refractivity contribution in [2.75, 3.05) is 7.11 Å². The van der Waals surface area contributed by atoms with Gasteiger partial charge in [-0.2, -0.15) is 0 Å². The fraction of sp³-hybridized carbons (Fsp3) is 0.105. The molecule has 0 bridgehead atoms. The van der Waals surface area contributed by atoms with E-state index in [4.69, 9.17) is 4.74 Å². The summed E-state index contributed by atoms with van der Waals surface area (Å²) in [7, 11) is 1.38. The lowest BCUT2D eigenvalue weighted by molar-refractivity contribution is 0.0950. The molecule has 0 atom stereocenters. The van der Waals surface area contributed by atoms with Gasteiger partial charge in [0.05, 0.1) is 12.8 Å². The van der Waals surface area contributed by atoms with Crippen LogP contribution in [0.3, 0.4) is 0 Å². The van der Waals surface area contributed by atoms with Crippen LogP contribution in [-0.2, 0) is 6.54 Å². The molecule has 3 aromatic rings. The Balaban J connectivity index is 1.69. The molecule has 2 heterocycles. The second-order valence-electron chi connectivity index (χ2n) is 5.32. The number of carbonyl (C=O) groups is 1. The van der Waals surface area contributed by atoms with Gasteiger partial charge in [0.1, 0.15) is 0 Å². The van der Waals surface area contributed by atoms with Crippen LogP contribution in [0.4, 0.5) is 4.39 Å². The van der Waals surface area contributed by atoms with Crippen molar-refractivity contribution in [2.24, 2.45) is 0 Å². The van der Waals surface area contributed by atoms with E-state index in [0.29, 0.717) is 6.54 Å². The van der Waals surface area contributed by atoms with Crippen molar-refractivity contribution in [1.29, 1.82) is 0 Å². The predicted octanol–water partition coefficient (Wildman–Crippen LogP) is 3.22.